The lowest BCUT2D eigenvalue weighted by molar-refractivity contribution is -0.143. The second-order valence-corrected chi connectivity index (χ2v) is 12.2. The van der Waals surface area contributed by atoms with Gasteiger partial charge in [0.25, 0.3) is 0 Å². The van der Waals surface area contributed by atoms with Gasteiger partial charge in [0.05, 0.1) is 12.0 Å². The van der Waals surface area contributed by atoms with Crippen molar-refractivity contribution in [2.24, 2.45) is 23.2 Å². The summed E-state index contributed by atoms with van der Waals surface area (Å²) in [7, 11) is 0. The van der Waals surface area contributed by atoms with E-state index in [1.165, 1.54) is 31.3 Å². The molecule has 3 rings (SSSR count). The molecular formula is C29H45FO3. The zero-order chi connectivity index (χ0) is 24.4. The highest BCUT2D eigenvalue weighted by atomic mass is 19.1. The molecule has 33 heavy (non-hydrogen) atoms. The number of carbonyl (C=O) groups is 1. The first kappa shape index (κ1) is 26.2. The molecule has 0 bridgehead atoms. The average Bonchev–Trinajstić information content (AvgIpc) is 3.04. The molecule has 0 aromatic heterocycles. The summed E-state index contributed by atoms with van der Waals surface area (Å²) in [4.78, 5) is 11.2. The van der Waals surface area contributed by atoms with E-state index in [1.807, 2.05) is 0 Å². The van der Waals surface area contributed by atoms with E-state index < -0.39 is 17.2 Å². The monoisotopic (exact) mass is 460 g/mol. The van der Waals surface area contributed by atoms with Gasteiger partial charge in [0.1, 0.15) is 5.67 Å². The van der Waals surface area contributed by atoms with Gasteiger partial charge in [-0.3, -0.25) is 4.79 Å². The first-order valence-corrected chi connectivity index (χ1v) is 13.0. The van der Waals surface area contributed by atoms with Crippen LogP contribution in [-0.4, -0.2) is 27.5 Å². The second kappa shape index (κ2) is 10.1. The van der Waals surface area contributed by atoms with Crippen LogP contribution in [0.3, 0.4) is 0 Å². The van der Waals surface area contributed by atoms with Gasteiger partial charge in [0.2, 0.25) is 0 Å². The Morgan fingerprint density at radius 1 is 1.27 bits per heavy atom. The maximum Gasteiger partial charge on any atom is 0.306 e. The molecule has 0 radical (unpaired) electrons. The number of aliphatic carboxylic acids is 1. The molecular weight excluding hydrogens is 415 g/mol. The molecule has 0 aliphatic heterocycles. The van der Waals surface area contributed by atoms with Crippen molar-refractivity contribution in [3.8, 4) is 0 Å². The maximum atomic E-state index is 13.9. The Kier molecular flexibility index (Phi) is 7.98. The SMILES string of the molecule is C=C1CC[C@@](O)(CC(=O)O)C/C1=C/C=C1\CCC[C@]2(C)[C@@H]([C@H](C)CCCC(C)(C)F)CC[C@@H]12. The van der Waals surface area contributed by atoms with Gasteiger partial charge in [0, 0.05) is 6.42 Å². The summed E-state index contributed by atoms with van der Waals surface area (Å²) < 4.78 is 13.9. The third-order valence-electron chi connectivity index (χ3n) is 9.00. The van der Waals surface area contributed by atoms with E-state index in [0.29, 0.717) is 48.9 Å². The quantitative estimate of drug-likeness (QED) is 0.393. The van der Waals surface area contributed by atoms with Crippen molar-refractivity contribution < 1.29 is 19.4 Å². The molecule has 3 saturated carbocycles. The molecule has 0 aromatic rings. The van der Waals surface area contributed by atoms with Crippen LogP contribution in [0.25, 0.3) is 0 Å². The zero-order valence-corrected chi connectivity index (χ0v) is 21.3. The molecule has 5 atom stereocenters. The van der Waals surface area contributed by atoms with Gasteiger partial charge in [0.15, 0.2) is 0 Å². The molecule has 0 amide bonds. The van der Waals surface area contributed by atoms with Crippen LogP contribution in [0, 0.1) is 23.2 Å². The van der Waals surface area contributed by atoms with Crippen LogP contribution in [0.5, 0.6) is 0 Å². The van der Waals surface area contributed by atoms with E-state index in [-0.39, 0.29) is 6.42 Å². The predicted octanol–water partition coefficient (Wildman–Crippen LogP) is 7.56. The van der Waals surface area contributed by atoms with Crippen LogP contribution in [0.1, 0.15) is 105 Å². The van der Waals surface area contributed by atoms with Gasteiger partial charge in [-0.15, -0.1) is 0 Å². The number of hydrogen-bond acceptors (Lipinski definition) is 2. The fourth-order valence-electron chi connectivity index (χ4n) is 7.19. The predicted molar refractivity (Wildman–Crippen MR) is 133 cm³/mol. The van der Waals surface area contributed by atoms with Crippen molar-refractivity contribution in [1.82, 2.24) is 0 Å². The molecule has 3 aliphatic carbocycles. The molecule has 3 nitrogen and oxygen atoms in total. The Bertz CT molecular complexity index is 804. The molecule has 0 unspecified atom stereocenters. The Morgan fingerprint density at radius 2 is 2.00 bits per heavy atom. The summed E-state index contributed by atoms with van der Waals surface area (Å²) in [6, 6.07) is 0. The van der Waals surface area contributed by atoms with E-state index >= 15 is 0 Å². The van der Waals surface area contributed by atoms with Gasteiger partial charge in [-0.2, -0.15) is 0 Å². The lowest BCUT2D eigenvalue weighted by Crippen LogP contribution is -2.36. The number of hydrogen-bond donors (Lipinski definition) is 2. The van der Waals surface area contributed by atoms with Crippen LogP contribution in [0.4, 0.5) is 4.39 Å². The Morgan fingerprint density at radius 3 is 2.67 bits per heavy atom. The highest BCUT2D eigenvalue weighted by Crippen LogP contribution is 2.60. The molecule has 0 saturated heterocycles. The van der Waals surface area contributed by atoms with Gasteiger partial charge >= 0.3 is 5.97 Å². The first-order valence-electron chi connectivity index (χ1n) is 13.0. The lowest BCUT2D eigenvalue weighted by atomic mass is 9.60. The van der Waals surface area contributed by atoms with Gasteiger partial charge in [-0.1, -0.05) is 56.6 Å². The van der Waals surface area contributed by atoms with Crippen molar-refractivity contribution in [1.29, 1.82) is 0 Å². The number of carboxylic acid groups (broad SMARTS) is 1. The third-order valence-corrected chi connectivity index (χ3v) is 9.00. The normalized spacial score (nSPS) is 36.2. The number of carboxylic acids is 1. The van der Waals surface area contributed by atoms with Crippen LogP contribution < -0.4 is 0 Å². The number of halogens is 1. The third kappa shape index (κ3) is 6.38. The minimum Gasteiger partial charge on any atom is -0.481 e. The van der Waals surface area contributed by atoms with Crippen LogP contribution in [-0.2, 0) is 4.79 Å². The molecule has 0 heterocycles. The summed E-state index contributed by atoms with van der Waals surface area (Å²) >= 11 is 0. The first-order chi connectivity index (χ1) is 15.3. The number of aliphatic hydroxyl groups is 1. The lowest BCUT2D eigenvalue weighted by Gasteiger charge is -2.44. The summed E-state index contributed by atoms with van der Waals surface area (Å²) in [5, 5.41) is 19.9. The molecule has 2 N–H and O–H groups in total. The number of rotatable bonds is 8. The number of alkyl halides is 1. The van der Waals surface area contributed by atoms with Crippen molar-refractivity contribution in [3.05, 3.63) is 35.5 Å². The highest BCUT2D eigenvalue weighted by Gasteiger charge is 2.50. The Balaban J connectivity index is 1.71. The van der Waals surface area contributed by atoms with E-state index in [9.17, 15) is 19.4 Å². The number of allylic oxidation sites excluding steroid dienone is 4. The summed E-state index contributed by atoms with van der Waals surface area (Å²) in [5.41, 5.74) is 1.60. The Labute approximate surface area is 200 Å². The van der Waals surface area contributed by atoms with E-state index in [2.05, 4.69) is 32.6 Å². The minimum atomic E-state index is -1.17. The van der Waals surface area contributed by atoms with Crippen molar-refractivity contribution in [2.45, 2.75) is 116 Å². The molecule has 4 heteroatoms. The van der Waals surface area contributed by atoms with Crippen molar-refractivity contribution >= 4 is 5.97 Å². The topological polar surface area (TPSA) is 57.5 Å². The summed E-state index contributed by atoms with van der Waals surface area (Å²) in [6.07, 6.45) is 14.4. The van der Waals surface area contributed by atoms with Gasteiger partial charge in [-0.05, 0) is 94.0 Å². The average molecular weight is 461 g/mol. The summed E-state index contributed by atoms with van der Waals surface area (Å²) in [6.45, 7) is 12.4. The van der Waals surface area contributed by atoms with E-state index in [1.54, 1.807) is 13.8 Å². The highest BCUT2D eigenvalue weighted by molar-refractivity contribution is 5.68. The molecule has 0 spiro atoms. The largest absolute Gasteiger partial charge is 0.481 e. The number of fused-ring (bicyclic) bond motifs is 1. The fourth-order valence-corrected chi connectivity index (χ4v) is 7.19. The Hall–Kier alpha value is -1.42. The molecule has 0 aromatic carbocycles. The minimum absolute atomic E-state index is 0.214. The van der Waals surface area contributed by atoms with Crippen LogP contribution >= 0.6 is 0 Å². The molecule has 186 valence electrons. The molecule has 3 fully saturated rings. The smallest absolute Gasteiger partial charge is 0.306 e. The van der Waals surface area contributed by atoms with Crippen LogP contribution in [0.15, 0.2) is 35.5 Å². The summed E-state index contributed by atoms with van der Waals surface area (Å²) in [5.74, 6) is 0.936. The van der Waals surface area contributed by atoms with Gasteiger partial charge < -0.3 is 10.2 Å². The fraction of sp³-hybridized carbons (Fsp3) is 0.759. The molecule has 3 aliphatic rings. The van der Waals surface area contributed by atoms with Crippen LogP contribution in [0.2, 0.25) is 0 Å². The van der Waals surface area contributed by atoms with E-state index in [0.717, 1.165) is 30.4 Å². The van der Waals surface area contributed by atoms with Crippen molar-refractivity contribution in [2.75, 3.05) is 0 Å². The standard InChI is InChI=1S/C29H45FO3/c1-20-14-17-29(33,19-26(31)32)18-23(20)11-10-22-9-7-16-28(5)24(12-13-25(22)28)21(2)8-6-15-27(3,4)30/h10-11,21,24-25,33H,1,6-9,12-19H2,2-5H3,(H,31,32)/b22-10+,23-11-/t21-,24-,25+,28-,29+/m1/s1. The van der Waals surface area contributed by atoms with E-state index in [4.69, 9.17) is 0 Å². The zero-order valence-electron chi connectivity index (χ0n) is 21.3. The van der Waals surface area contributed by atoms with Gasteiger partial charge in [-0.25, -0.2) is 4.39 Å². The second-order valence-electron chi connectivity index (χ2n) is 12.2. The van der Waals surface area contributed by atoms with Crippen molar-refractivity contribution in [3.63, 3.8) is 0 Å². The maximum absolute atomic E-state index is 13.9.